The number of benzene rings is 2. The lowest BCUT2D eigenvalue weighted by atomic mass is 10.00. The Hall–Kier alpha value is -2.22. The highest BCUT2D eigenvalue weighted by Gasteiger charge is 2.08. The minimum Gasteiger partial charge on any atom is -0.507 e. The van der Waals surface area contributed by atoms with Gasteiger partial charge in [0.1, 0.15) is 11.5 Å². The first-order chi connectivity index (χ1) is 8.22. The Morgan fingerprint density at radius 2 is 1.65 bits per heavy atom. The largest absolute Gasteiger partial charge is 0.507 e. The first kappa shape index (κ1) is 11.3. The number of hydrogen-bond donors (Lipinski definition) is 2. The zero-order valence-corrected chi connectivity index (χ0v) is 9.43. The molecule has 0 unspecified atom stereocenters. The second kappa shape index (κ2) is 4.74. The lowest BCUT2D eigenvalue weighted by molar-refractivity contribution is 0.469. The van der Waals surface area contributed by atoms with E-state index in [2.05, 4.69) is 6.58 Å². The number of rotatable bonds is 3. The summed E-state index contributed by atoms with van der Waals surface area (Å²) in [6.07, 6.45) is 2.54. The average molecular weight is 226 g/mol. The Kier molecular flexibility index (Phi) is 3.15. The minimum absolute atomic E-state index is 0.165. The van der Waals surface area contributed by atoms with Crippen LogP contribution < -0.4 is 0 Å². The third kappa shape index (κ3) is 2.31. The fraction of sp³-hybridized carbons (Fsp3) is 0.0667. The SMILES string of the molecule is C=CCc1ccc(O)c(-c2ccccc2O)c1. The van der Waals surface area contributed by atoms with Crippen molar-refractivity contribution in [2.24, 2.45) is 0 Å². The van der Waals surface area contributed by atoms with Crippen LogP contribution in [0.15, 0.2) is 55.1 Å². The van der Waals surface area contributed by atoms with Gasteiger partial charge in [0.2, 0.25) is 0 Å². The molecule has 2 rings (SSSR count). The third-order valence-electron chi connectivity index (χ3n) is 2.64. The maximum Gasteiger partial charge on any atom is 0.123 e. The maximum atomic E-state index is 9.84. The molecule has 2 nitrogen and oxygen atoms in total. The molecule has 0 atom stereocenters. The van der Waals surface area contributed by atoms with E-state index >= 15 is 0 Å². The van der Waals surface area contributed by atoms with E-state index in [1.165, 1.54) is 0 Å². The first-order valence-corrected chi connectivity index (χ1v) is 5.43. The average Bonchev–Trinajstić information content (AvgIpc) is 2.33. The molecular formula is C15H14O2. The van der Waals surface area contributed by atoms with E-state index in [1.54, 1.807) is 30.3 Å². The molecule has 2 heteroatoms. The normalized spacial score (nSPS) is 10.1. The van der Waals surface area contributed by atoms with Crippen LogP contribution in [0.2, 0.25) is 0 Å². The van der Waals surface area contributed by atoms with Crippen molar-refractivity contribution in [1.29, 1.82) is 0 Å². The van der Waals surface area contributed by atoms with Crippen LogP contribution in [0.25, 0.3) is 11.1 Å². The molecule has 0 fully saturated rings. The Bertz CT molecular complexity index is 544. The van der Waals surface area contributed by atoms with Gasteiger partial charge in [0.25, 0.3) is 0 Å². The highest BCUT2D eigenvalue weighted by molar-refractivity contribution is 5.75. The zero-order valence-electron chi connectivity index (χ0n) is 9.43. The molecule has 0 heterocycles. The van der Waals surface area contributed by atoms with Gasteiger partial charge in [-0.15, -0.1) is 6.58 Å². The van der Waals surface area contributed by atoms with Crippen molar-refractivity contribution in [3.63, 3.8) is 0 Å². The summed E-state index contributed by atoms with van der Waals surface area (Å²) in [4.78, 5) is 0. The molecule has 0 amide bonds. The van der Waals surface area contributed by atoms with Gasteiger partial charge in [0, 0.05) is 11.1 Å². The van der Waals surface area contributed by atoms with Crippen molar-refractivity contribution in [2.45, 2.75) is 6.42 Å². The van der Waals surface area contributed by atoms with Crippen LogP contribution in [0.5, 0.6) is 11.5 Å². The van der Waals surface area contributed by atoms with Crippen LogP contribution in [0.4, 0.5) is 0 Å². The Labute approximate surface area is 100 Å². The molecule has 0 saturated carbocycles. The Balaban J connectivity index is 2.54. The molecule has 0 saturated heterocycles. The van der Waals surface area contributed by atoms with Gasteiger partial charge in [-0.1, -0.05) is 30.3 Å². The van der Waals surface area contributed by atoms with Gasteiger partial charge >= 0.3 is 0 Å². The molecule has 0 aromatic heterocycles. The number of phenols is 2. The second-order valence-corrected chi connectivity index (χ2v) is 3.86. The molecule has 0 aliphatic rings. The molecule has 0 aliphatic carbocycles. The molecule has 2 N–H and O–H groups in total. The van der Waals surface area contributed by atoms with E-state index in [1.807, 2.05) is 18.2 Å². The summed E-state index contributed by atoms with van der Waals surface area (Å²) in [5, 5.41) is 19.6. The van der Waals surface area contributed by atoms with Gasteiger partial charge < -0.3 is 10.2 Å². The van der Waals surface area contributed by atoms with Crippen LogP contribution in [0.3, 0.4) is 0 Å². The zero-order chi connectivity index (χ0) is 12.3. The van der Waals surface area contributed by atoms with Gasteiger partial charge in [-0.3, -0.25) is 0 Å². The smallest absolute Gasteiger partial charge is 0.123 e. The summed E-state index contributed by atoms with van der Waals surface area (Å²) < 4.78 is 0. The van der Waals surface area contributed by atoms with E-state index in [9.17, 15) is 10.2 Å². The molecule has 0 radical (unpaired) electrons. The fourth-order valence-corrected chi connectivity index (χ4v) is 1.79. The third-order valence-corrected chi connectivity index (χ3v) is 2.64. The Morgan fingerprint density at radius 3 is 2.35 bits per heavy atom. The standard InChI is InChI=1S/C15H14O2/c1-2-5-11-8-9-15(17)13(10-11)12-6-3-4-7-14(12)16/h2-4,6-10,16-17H,1,5H2. The van der Waals surface area contributed by atoms with Gasteiger partial charge in [-0.2, -0.15) is 0 Å². The number of para-hydroxylation sites is 1. The number of aromatic hydroxyl groups is 2. The predicted molar refractivity (Wildman–Crippen MR) is 69.1 cm³/mol. The van der Waals surface area contributed by atoms with Crippen molar-refractivity contribution >= 4 is 0 Å². The highest BCUT2D eigenvalue weighted by atomic mass is 16.3. The van der Waals surface area contributed by atoms with Crippen LogP contribution in [-0.2, 0) is 6.42 Å². The summed E-state index contributed by atoms with van der Waals surface area (Å²) in [6.45, 7) is 3.69. The predicted octanol–water partition coefficient (Wildman–Crippen LogP) is 3.49. The van der Waals surface area contributed by atoms with Crippen molar-refractivity contribution < 1.29 is 10.2 Å². The van der Waals surface area contributed by atoms with E-state index < -0.39 is 0 Å². The molecule has 0 aliphatic heterocycles. The molecule has 0 bridgehead atoms. The second-order valence-electron chi connectivity index (χ2n) is 3.86. The van der Waals surface area contributed by atoms with Gasteiger partial charge in [-0.25, -0.2) is 0 Å². The van der Waals surface area contributed by atoms with E-state index in [-0.39, 0.29) is 11.5 Å². The molecule has 17 heavy (non-hydrogen) atoms. The summed E-state index contributed by atoms with van der Waals surface area (Å²) in [6, 6.07) is 12.3. The van der Waals surface area contributed by atoms with E-state index in [0.29, 0.717) is 11.1 Å². The number of phenolic OH excluding ortho intramolecular Hbond substituents is 2. The van der Waals surface area contributed by atoms with Crippen LogP contribution in [0.1, 0.15) is 5.56 Å². The number of hydrogen-bond acceptors (Lipinski definition) is 2. The first-order valence-electron chi connectivity index (χ1n) is 5.43. The van der Waals surface area contributed by atoms with E-state index in [4.69, 9.17) is 0 Å². The summed E-state index contributed by atoms with van der Waals surface area (Å²) in [7, 11) is 0. The minimum atomic E-state index is 0.165. The number of allylic oxidation sites excluding steroid dienone is 1. The fourth-order valence-electron chi connectivity index (χ4n) is 1.79. The van der Waals surface area contributed by atoms with Crippen LogP contribution >= 0.6 is 0 Å². The van der Waals surface area contributed by atoms with Gasteiger partial charge in [0.15, 0.2) is 0 Å². The van der Waals surface area contributed by atoms with Crippen molar-refractivity contribution in [2.75, 3.05) is 0 Å². The Morgan fingerprint density at radius 1 is 0.941 bits per heavy atom. The quantitative estimate of drug-likeness (QED) is 0.786. The van der Waals surface area contributed by atoms with Crippen molar-refractivity contribution in [3.05, 3.63) is 60.7 Å². The van der Waals surface area contributed by atoms with Gasteiger partial charge in [-0.05, 0) is 30.2 Å². The topological polar surface area (TPSA) is 40.5 Å². The van der Waals surface area contributed by atoms with Crippen LogP contribution in [-0.4, -0.2) is 10.2 Å². The summed E-state index contributed by atoms with van der Waals surface area (Å²) in [5.74, 6) is 0.331. The molecule has 2 aromatic carbocycles. The van der Waals surface area contributed by atoms with Gasteiger partial charge in [0.05, 0.1) is 0 Å². The molecule has 2 aromatic rings. The monoisotopic (exact) mass is 226 g/mol. The lowest BCUT2D eigenvalue weighted by Gasteiger charge is -2.08. The maximum absolute atomic E-state index is 9.84. The summed E-state index contributed by atoms with van der Waals surface area (Å²) in [5.41, 5.74) is 2.33. The molecule has 0 spiro atoms. The molecule has 86 valence electrons. The highest BCUT2D eigenvalue weighted by Crippen LogP contribution is 2.35. The lowest BCUT2D eigenvalue weighted by Crippen LogP contribution is -1.85. The van der Waals surface area contributed by atoms with E-state index in [0.717, 1.165) is 12.0 Å². The van der Waals surface area contributed by atoms with Crippen LogP contribution in [0, 0.1) is 0 Å². The summed E-state index contributed by atoms with van der Waals surface area (Å²) >= 11 is 0. The molecular weight excluding hydrogens is 212 g/mol. The van der Waals surface area contributed by atoms with Crippen molar-refractivity contribution in [3.8, 4) is 22.6 Å². The van der Waals surface area contributed by atoms with Crippen molar-refractivity contribution in [1.82, 2.24) is 0 Å².